The Hall–Kier alpha value is -3.09. The van der Waals surface area contributed by atoms with Crippen molar-refractivity contribution in [2.24, 2.45) is 5.92 Å². The molecule has 3 rings (SSSR count). The summed E-state index contributed by atoms with van der Waals surface area (Å²) in [5, 5.41) is 7.44. The van der Waals surface area contributed by atoms with E-state index in [1.165, 1.54) is 16.8 Å². The van der Waals surface area contributed by atoms with E-state index in [4.69, 9.17) is 0 Å². The average Bonchev–Trinajstić information content (AvgIpc) is 3.06. The Morgan fingerprint density at radius 1 is 1.19 bits per heavy atom. The van der Waals surface area contributed by atoms with Crippen LogP contribution in [0.25, 0.3) is 11.5 Å². The van der Waals surface area contributed by atoms with Gasteiger partial charge in [0, 0.05) is 19.2 Å². The molecule has 0 atom stereocenters. The first kappa shape index (κ1) is 17.7. The van der Waals surface area contributed by atoms with Crippen LogP contribution < -0.4 is 5.32 Å². The van der Waals surface area contributed by atoms with E-state index in [1.807, 2.05) is 19.9 Å². The molecular formula is C19H20FN5O. The summed E-state index contributed by atoms with van der Waals surface area (Å²) in [6.07, 6.45) is 2.01. The number of nitrogens with zero attached hydrogens (tertiary/aromatic N) is 4. The Kier molecular flexibility index (Phi) is 5.36. The number of pyridine rings is 1. The maximum absolute atomic E-state index is 13.0. The number of anilines is 1. The Morgan fingerprint density at radius 3 is 2.62 bits per heavy atom. The lowest BCUT2D eigenvalue weighted by Gasteiger charge is -2.08. The number of aromatic nitrogens is 4. The molecule has 0 unspecified atom stereocenters. The third kappa shape index (κ3) is 4.30. The molecule has 0 aliphatic carbocycles. The summed E-state index contributed by atoms with van der Waals surface area (Å²) < 4.78 is 14.3. The van der Waals surface area contributed by atoms with Crippen molar-refractivity contribution in [1.29, 1.82) is 0 Å². The highest BCUT2D eigenvalue weighted by Crippen LogP contribution is 2.17. The third-order valence-electron chi connectivity index (χ3n) is 3.68. The van der Waals surface area contributed by atoms with Gasteiger partial charge < -0.3 is 5.32 Å². The number of benzene rings is 1. The van der Waals surface area contributed by atoms with Gasteiger partial charge in [0.15, 0.2) is 0 Å². The van der Waals surface area contributed by atoms with E-state index in [0.717, 1.165) is 5.56 Å². The van der Waals surface area contributed by atoms with Gasteiger partial charge in [-0.15, -0.1) is 5.10 Å². The van der Waals surface area contributed by atoms with E-state index in [-0.39, 0.29) is 17.6 Å². The van der Waals surface area contributed by atoms with Gasteiger partial charge in [0.25, 0.3) is 0 Å². The normalized spacial score (nSPS) is 10.9. The zero-order valence-electron chi connectivity index (χ0n) is 14.7. The maximum Gasteiger partial charge on any atom is 0.250 e. The molecule has 0 aliphatic heterocycles. The molecule has 0 aliphatic rings. The molecule has 1 aromatic carbocycles. The molecule has 0 radical (unpaired) electrons. The van der Waals surface area contributed by atoms with Gasteiger partial charge in [-0.25, -0.2) is 4.39 Å². The fourth-order valence-electron chi connectivity index (χ4n) is 2.42. The average molecular weight is 353 g/mol. The van der Waals surface area contributed by atoms with Crippen molar-refractivity contribution >= 4 is 11.9 Å². The fourth-order valence-corrected chi connectivity index (χ4v) is 2.42. The number of halogens is 1. The predicted octanol–water partition coefficient (Wildman–Crippen LogP) is 3.78. The van der Waals surface area contributed by atoms with Crippen molar-refractivity contribution in [2.45, 2.75) is 26.8 Å². The van der Waals surface area contributed by atoms with Crippen LogP contribution in [0.5, 0.6) is 0 Å². The molecule has 2 heterocycles. The van der Waals surface area contributed by atoms with E-state index in [0.29, 0.717) is 30.4 Å². The molecule has 7 heteroatoms. The van der Waals surface area contributed by atoms with Crippen LogP contribution in [0.2, 0.25) is 0 Å². The van der Waals surface area contributed by atoms with Crippen molar-refractivity contribution in [1.82, 2.24) is 19.7 Å². The molecule has 0 saturated heterocycles. The highest BCUT2D eigenvalue weighted by Gasteiger charge is 2.18. The molecule has 3 aromatic rings. The molecule has 0 fully saturated rings. The monoisotopic (exact) mass is 353 g/mol. The minimum absolute atomic E-state index is 0.142. The van der Waals surface area contributed by atoms with Crippen LogP contribution in [0, 0.1) is 11.7 Å². The molecule has 6 nitrogen and oxygen atoms in total. The number of nitrogens with one attached hydrogen (secondary N) is 1. The number of hydrogen-bond donors (Lipinski definition) is 1. The lowest BCUT2D eigenvalue weighted by molar-refractivity contribution is 0.0873. The molecule has 0 bridgehead atoms. The van der Waals surface area contributed by atoms with Gasteiger partial charge >= 0.3 is 0 Å². The minimum atomic E-state index is -0.290. The fraction of sp³-hybridized carbons (Fsp3) is 0.263. The Bertz CT molecular complexity index is 875. The van der Waals surface area contributed by atoms with Crippen LogP contribution in [0.15, 0.2) is 48.7 Å². The Labute approximate surface area is 151 Å². The van der Waals surface area contributed by atoms with E-state index < -0.39 is 0 Å². The molecule has 134 valence electrons. The van der Waals surface area contributed by atoms with Gasteiger partial charge in [-0.2, -0.15) is 9.67 Å². The van der Waals surface area contributed by atoms with Crippen LogP contribution in [0.1, 0.15) is 30.6 Å². The van der Waals surface area contributed by atoms with E-state index >= 15 is 0 Å². The van der Waals surface area contributed by atoms with Crippen molar-refractivity contribution in [3.8, 4) is 11.5 Å². The van der Waals surface area contributed by atoms with Crippen LogP contribution in [0.3, 0.4) is 0 Å². The van der Waals surface area contributed by atoms with Crippen LogP contribution in [-0.2, 0) is 6.54 Å². The zero-order valence-corrected chi connectivity index (χ0v) is 14.7. The van der Waals surface area contributed by atoms with Crippen molar-refractivity contribution in [3.05, 3.63) is 60.0 Å². The van der Waals surface area contributed by atoms with Gasteiger partial charge in [-0.1, -0.05) is 32.0 Å². The zero-order chi connectivity index (χ0) is 18.5. The standard InChI is InChI=1S/C19H20FN5O/c1-13(2)11-17(26)25-19(22-12-14-6-8-15(20)9-7-14)23-18(24-25)16-5-3-4-10-21-16/h3-10,13H,11-12H2,1-2H3,(H,22,23,24). The SMILES string of the molecule is CC(C)CC(=O)n1nc(-c2ccccn2)nc1NCc1ccc(F)cc1. The summed E-state index contributed by atoms with van der Waals surface area (Å²) in [6.45, 7) is 4.34. The van der Waals surface area contributed by atoms with E-state index in [2.05, 4.69) is 20.4 Å². The molecule has 2 aromatic heterocycles. The summed E-state index contributed by atoms with van der Waals surface area (Å²) in [7, 11) is 0. The maximum atomic E-state index is 13.0. The highest BCUT2D eigenvalue weighted by atomic mass is 19.1. The molecule has 0 saturated carbocycles. The summed E-state index contributed by atoms with van der Waals surface area (Å²) >= 11 is 0. The van der Waals surface area contributed by atoms with E-state index in [1.54, 1.807) is 30.5 Å². The van der Waals surface area contributed by atoms with Crippen LogP contribution in [-0.4, -0.2) is 25.7 Å². The predicted molar refractivity (Wildman–Crippen MR) is 97.1 cm³/mol. The van der Waals surface area contributed by atoms with Gasteiger partial charge in [0.05, 0.1) is 0 Å². The number of hydrogen-bond acceptors (Lipinski definition) is 5. The topological polar surface area (TPSA) is 72.7 Å². The van der Waals surface area contributed by atoms with E-state index in [9.17, 15) is 9.18 Å². The molecular weight excluding hydrogens is 333 g/mol. The second kappa shape index (κ2) is 7.86. The number of rotatable bonds is 6. The lowest BCUT2D eigenvalue weighted by Crippen LogP contribution is -2.18. The second-order valence-corrected chi connectivity index (χ2v) is 6.36. The summed E-state index contributed by atoms with van der Waals surface area (Å²) in [6, 6.07) is 11.6. The first-order valence-electron chi connectivity index (χ1n) is 8.43. The van der Waals surface area contributed by atoms with Gasteiger partial charge in [-0.05, 0) is 35.7 Å². The Balaban J connectivity index is 1.87. The molecule has 1 N–H and O–H groups in total. The molecule has 0 amide bonds. The number of carbonyl (C=O) groups excluding carboxylic acids is 1. The molecule has 26 heavy (non-hydrogen) atoms. The smallest absolute Gasteiger partial charge is 0.250 e. The number of carbonyl (C=O) groups is 1. The first-order valence-corrected chi connectivity index (χ1v) is 8.43. The summed E-state index contributed by atoms with van der Waals surface area (Å²) in [5.41, 5.74) is 1.46. The van der Waals surface area contributed by atoms with Crippen LogP contribution >= 0.6 is 0 Å². The largest absolute Gasteiger partial charge is 0.350 e. The quantitative estimate of drug-likeness (QED) is 0.730. The first-order chi connectivity index (χ1) is 12.5. The van der Waals surface area contributed by atoms with Crippen molar-refractivity contribution in [3.63, 3.8) is 0 Å². The Morgan fingerprint density at radius 2 is 1.96 bits per heavy atom. The summed E-state index contributed by atoms with van der Waals surface area (Å²) in [5.74, 6) is 0.498. The van der Waals surface area contributed by atoms with Crippen molar-refractivity contribution < 1.29 is 9.18 Å². The summed E-state index contributed by atoms with van der Waals surface area (Å²) in [4.78, 5) is 21.2. The van der Waals surface area contributed by atoms with Gasteiger partial charge in [0.2, 0.25) is 17.7 Å². The highest BCUT2D eigenvalue weighted by molar-refractivity contribution is 5.81. The lowest BCUT2D eigenvalue weighted by atomic mass is 10.1. The van der Waals surface area contributed by atoms with Crippen LogP contribution in [0.4, 0.5) is 10.3 Å². The van der Waals surface area contributed by atoms with Gasteiger partial charge in [-0.3, -0.25) is 9.78 Å². The molecule has 0 spiro atoms. The minimum Gasteiger partial charge on any atom is -0.350 e. The van der Waals surface area contributed by atoms with Gasteiger partial charge in [0.1, 0.15) is 11.5 Å². The third-order valence-corrected chi connectivity index (χ3v) is 3.68. The second-order valence-electron chi connectivity index (χ2n) is 6.36. The van der Waals surface area contributed by atoms with Crippen molar-refractivity contribution in [2.75, 3.05) is 5.32 Å².